The topological polar surface area (TPSA) is 70.2 Å². The number of aromatic nitrogens is 2. The monoisotopic (exact) mass is 343 g/mol. The van der Waals surface area contributed by atoms with Gasteiger partial charge in [-0.05, 0) is 57.1 Å². The van der Waals surface area contributed by atoms with Crippen LogP contribution in [-0.4, -0.2) is 48.3 Å². The Labute approximate surface area is 150 Å². The molecule has 1 aliphatic carbocycles. The lowest BCUT2D eigenvalue weighted by atomic mass is 9.97. The molecule has 1 fully saturated rings. The zero-order valence-electron chi connectivity index (χ0n) is 14.9. The van der Waals surface area contributed by atoms with Crippen LogP contribution < -0.4 is 15.5 Å². The SMILES string of the molecule is O=C(CN[C@@H]1CCCN(c2cccnn2)C1)NCCC1=CCCCC1. The van der Waals surface area contributed by atoms with E-state index < -0.39 is 0 Å². The largest absolute Gasteiger partial charge is 0.355 e. The number of hydrogen-bond donors (Lipinski definition) is 2. The first-order chi connectivity index (χ1) is 12.3. The second-order valence-electron chi connectivity index (χ2n) is 6.96. The summed E-state index contributed by atoms with van der Waals surface area (Å²) >= 11 is 0. The maximum absolute atomic E-state index is 12.0. The molecule has 0 saturated carbocycles. The normalized spacial score (nSPS) is 20.9. The summed E-state index contributed by atoms with van der Waals surface area (Å²) in [4.78, 5) is 14.3. The Kier molecular flexibility index (Phi) is 6.79. The van der Waals surface area contributed by atoms with Gasteiger partial charge in [0.25, 0.3) is 0 Å². The molecule has 2 N–H and O–H groups in total. The van der Waals surface area contributed by atoms with Gasteiger partial charge in [-0.2, -0.15) is 5.10 Å². The average molecular weight is 343 g/mol. The minimum atomic E-state index is 0.0908. The molecule has 6 heteroatoms. The van der Waals surface area contributed by atoms with Crippen LogP contribution in [0.5, 0.6) is 0 Å². The van der Waals surface area contributed by atoms with Gasteiger partial charge < -0.3 is 15.5 Å². The molecule has 1 saturated heterocycles. The summed E-state index contributed by atoms with van der Waals surface area (Å²) < 4.78 is 0. The summed E-state index contributed by atoms with van der Waals surface area (Å²) in [5.74, 6) is 1.01. The van der Waals surface area contributed by atoms with E-state index in [2.05, 4.69) is 31.8 Å². The highest BCUT2D eigenvalue weighted by molar-refractivity contribution is 5.78. The molecule has 1 aliphatic heterocycles. The van der Waals surface area contributed by atoms with Crippen molar-refractivity contribution < 1.29 is 4.79 Å². The van der Waals surface area contributed by atoms with E-state index in [9.17, 15) is 4.79 Å². The van der Waals surface area contributed by atoms with E-state index in [-0.39, 0.29) is 5.91 Å². The fourth-order valence-corrected chi connectivity index (χ4v) is 3.61. The van der Waals surface area contributed by atoms with Crippen molar-refractivity contribution in [2.75, 3.05) is 31.1 Å². The summed E-state index contributed by atoms with van der Waals surface area (Å²) in [5.41, 5.74) is 1.51. The van der Waals surface area contributed by atoms with Crippen molar-refractivity contribution in [2.24, 2.45) is 0 Å². The van der Waals surface area contributed by atoms with Crippen LogP contribution in [0.3, 0.4) is 0 Å². The van der Waals surface area contributed by atoms with Crippen molar-refractivity contribution in [3.05, 3.63) is 30.0 Å². The lowest BCUT2D eigenvalue weighted by molar-refractivity contribution is -0.120. The number of nitrogens with zero attached hydrogens (tertiary/aromatic N) is 3. The maximum Gasteiger partial charge on any atom is 0.233 e. The third-order valence-corrected chi connectivity index (χ3v) is 5.01. The number of allylic oxidation sites excluding steroid dienone is 1. The zero-order chi connectivity index (χ0) is 17.3. The number of rotatable bonds is 7. The highest BCUT2D eigenvalue weighted by Crippen LogP contribution is 2.19. The number of anilines is 1. The molecule has 0 spiro atoms. The molecule has 2 aliphatic rings. The van der Waals surface area contributed by atoms with Gasteiger partial charge in [-0.1, -0.05) is 11.6 Å². The van der Waals surface area contributed by atoms with Crippen LogP contribution in [0, 0.1) is 0 Å². The van der Waals surface area contributed by atoms with E-state index in [1.54, 1.807) is 6.20 Å². The van der Waals surface area contributed by atoms with Crippen LogP contribution in [0.2, 0.25) is 0 Å². The molecule has 25 heavy (non-hydrogen) atoms. The molecular formula is C19H29N5O. The van der Waals surface area contributed by atoms with E-state index in [4.69, 9.17) is 0 Å². The maximum atomic E-state index is 12.0. The van der Waals surface area contributed by atoms with Gasteiger partial charge in [0, 0.05) is 31.9 Å². The second-order valence-corrected chi connectivity index (χ2v) is 6.96. The van der Waals surface area contributed by atoms with Crippen LogP contribution >= 0.6 is 0 Å². The minimum Gasteiger partial charge on any atom is -0.355 e. The predicted molar refractivity (Wildman–Crippen MR) is 99.4 cm³/mol. The summed E-state index contributed by atoms with van der Waals surface area (Å²) in [5, 5.41) is 14.6. The Balaban J connectivity index is 1.34. The Bertz CT molecular complexity index is 574. The van der Waals surface area contributed by atoms with Gasteiger partial charge in [0.15, 0.2) is 5.82 Å². The first-order valence-corrected chi connectivity index (χ1v) is 9.52. The van der Waals surface area contributed by atoms with Crippen LogP contribution in [0.25, 0.3) is 0 Å². The van der Waals surface area contributed by atoms with E-state index in [1.807, 2.05) is 12.1 Å². The summed E-state index contributed by atoms with van der Waals surface area (Å²) in [6, 6.07) is 4.22. The van der Waals surface area contributed by atoms with E-state index in [0.717, 1.165) is 44.7 Å². The van der Waals surface area contributed by atoms with Gasteiger partial charge >= 0.3 is 0 Å². The zero-order valence-corrected chi connectivity index (χ0v) is 14.9. The molecule has 1 amide bonds. The molecule has 1 atom stereocenters. The molecular weight excluding hydrogens is 314 g/mol. The smallest absolute Gasteiger partial charge is 0.233 e. The Morgan fingerprint density at radius 1 is 1.32 bits per heavy atom. The third-order valence-electron chi connectivity index (χ3n) is 5.01. The van der Waals surface area contributed by atoms with E-state index in [1.165, 1.54) is 31.3 Å². The number of carbonyl (C=O) groups is 1. The standard InChI is InChI=1S/C19H29N5O/c25-19(20-12-10-16-6-2-1-3-7-16)14-21-17-8-5-13-24(15-17)18-9-4-11-22-23-18/h4,6,9,11,17,21H,1-3,5,7-8,10,12-15H2,(H,20,25)/t17-/m1/s1. The van der Waals surface area contributed by atoms with Crippen molar-refractivity contribution in [3.8, 4) is 0 Å². The fraction of sp³-hybridized carbons (Fsp3) is 0.632. The van der Waals surface area contributed by atoms with E-state index >= 15 is 0 Å². The highest BCUT2D eigenvalue weighted by atomic mass is 16.1. The summed E-state index contributed by atoms with van der Waals surface area (Å²) in [6.07, 6.45) is 12.2. The van der Waals surface area contributed by atoms with Crippen LogP contribution in [-0.2, 0) is 4.79 Å². The lowest BCUT2D eigenvalue weighted by Crippen LogP contribution is -2.48. The highest BCUT2D eigenvalue weighted by Gasteiger charge is 2.21. The molecule has 0 bridgehead atoms. The molecule has 6 nitrogen and oxygen atoms in total. The Morgan fingerprint density at radius 3 is 3.08 bits per heavy atom. The first kappa shape index (κ1) is 17.9. The van der Waals surface area contributed by atoms with Crippen molar-refractivity contribution >= 4 is 11.7 Å². The predicted octanol–water partition coefficient (Wildman–Crippen LogP) is 2.04. The molecule has 136 valence electrons. The van der Waals surface area contributed by atoms with Gasteiger partial charge in [-0.3, -0.25) is 4.79 Å². The molecule has 1 aromatic rings. The number of piperidine rings is 1. The van der Waals surface area contributed by atoms with E-state index in [0.29, 0.717) is 12.6 Å². The van der Waals surface area contributed by atoms with Gasteiger partial charge in [-0.15, -0.1) is 5.10 Å². The number of amides is 1. The van der Waals surface area contributed by atoms with Crippen LogP contribution in [0.1, 0.15) is 44.9 Å². The molecule has 0 aromatic carbocycles. The van der Waals surface area contributed by atoms with Gasteiger partial charge in [0.05, 0.1) is 6.54 Å². The van der Waals surface area contributed by atoms with Crippen molar-refractivity contribution in [2.45, 2.75) is 51.0 Å². The molecule has 3 rings (SSSR count). The summed E-state index contributed by atoms with van der Waals surface area (Å²) in [7, 11) is 0. The van der Waals surface area contributed by atoms with Gasteiger partial charge in [0.2, 0.25) is 5.91 Å². The fourth-order valence-electron chi connectivity index (χ4n) is 3.61. The number of nitrogens with one attached hydrogen (secondary N) is 2. The molecule has 1 aromatic heterocycles. The number of hydrogen-bond acceptors (Lipinski definition) is 5. The van der Waals surface area contributed by atoms with Crippen LogP contribution in [0.4, 0.5) is 5.82 Å². The quantitative estimate of drug-likeness (QED) is 0.742. The van der Waals surface area contributed by atoms with Crippen molar-refractivity contribution in [3.63, 3.8) is 0 Å². The average Bonchev–Trinajstić information content (AvgIpc) is 2.68. The molecule has 2 heterocycles. The number of carbonyl (C=O) groups excluding carboxylic acids is 1. The Morgan fingerprint density at radius 2 is 2.28 bits per heavy atom. The van der Waals surface area contributed by atoms with Gasteiger partial charge in [0.1, 0.15) is 0 Å². The lowest BCUT2D eigenvalue weighted by Gasteiger charge is -2.33. The minimum absolute atomic E-state index is 0.0908. The first-order valence-electron chi connectivity index (χ1n) is 9.52. The second kappa shape index (κ2) is 9.51. The van der Waals surface area contributed by atoms with Crippen molar-refractivity contribution in [1.82, 2.24) is 20.8 Å². The van der Waals surface area contributed by atoms with Crippen LogP contribution in [0.15, 0.2) is 30.0 Å². The van der Waals surface area contributed by atoms with Gasteiger partial charge in [-0.25, -0.2) is 0 Å². The van der Waals surface area contributed by atoms with Crippen molar-refractivity contribution in [1.29, 1.82) is 0 Å². The third kappa shape index (κ3) is 5.81. The Hall–Kier alpha value is -1.95. The summed E-state index contributed by atoms with van der Waals surface area (Å²) in [6.45, 7) is 3.01. The molecule has 0 unspecified atom stereocenters. The molecule has 0 radical (unpaired) electrons.